The van der Waals surface area contributed by atoms with Crippen LogP contribution >= 0.6 is 15.9 Å². The van der Waals surface area contributed by atoms with Crippen LogP contribution in [0, 0.1) is 0 Å². The van der Waals surface area contributed by atoms with Crippen LogP contribution in [0.5, 0.6) is 23.0 Å². The van der Waals surface area contributed by atoms with Gasteiger partial charge in [0.15, 0.2) is 0 Å². The van der Waals surface area contributed by atoms with E-state index in [1.807, 2.05) is 133 Å². The Morgan fingerprint density at radius 1 is 0.608 bits per heavy atom. The Bertz CT molecular complexity index is 2050. The second kappa shape index (κ2) is 17.2. The first-order valence-corrected chi connectivity index (χ1v) is 17.2. The van der Waals surface area contributed by atoms with Crippen LogP contribution in [0.3, 0.4) is 0 Å². The maximum absolute atomic E-state index is 13.7. The van der Waals surface area contributed by atoms with Crippen LogP contribution in [0.2, 0.25) is 0 Å². The van der Waals surface area contributed by atoms with E-state index in [0.29, 0.717) is 22.6 Å². The summed E-state index contributed by atoms with van der Waals surface area (Å²) in [6.07, 6.45) is 0.239. The van der Waals surface area contributed by atoms with E-state index in [1.54, 1.807) is 18.2 Å². The number of benzene rings is 6. The molecule has 0 radical (unpaired) electrons. The molecule has 6 rings (SSSR count). The molecule has 0 aliphatic rings. The van der Waals surface area contributed by atoms with Gasteiger partial charge in [-0.3, -0.25) is 4.79 Å². The van der Waals surface area contributed by atoms with Gasteiger partial charge in [-0.25, -0.2) is 4.79 Å². The van der Waals surface area contributed by atoms with E-state index in [0.717, 1.165) is 39.3 Å². The Labute approximate surface area is 305 Å². The molecule has 0 aromatic heterocycles. The summed E-state index contributed by atoms with van der Waals surface area (Å²) in [5, 5.41) is 2.86. The number of rotatable bonds is 14. The summed E-state index contributed by atoms with van der Waals surface area (Å²) in [4.78, 5) is 26.5. The summed E-state index contributed by atoms with van der Waals surface area (Å²) in [5.74, 6) is 1.60. The number of nitrogens with one attached hydrogen (secondary N) is 1. The summed E-state index contributed by atoms with van der Waals surface area (Å²) >= 11 is 3.46. The highest BCUT2D eigenvalue weighted by Crippen LogP contribution is 2.28. The van der Waals surface area contributed by atoms with Crippen molar-refractivity contribution in [2.24, 2.45) is 0 Å². The molecule has 7 nitrogen and oxygen atoms in total. The highest BCUT2D eigenvalue weighted by atomic mass is 79.9. The van der Waals surface area contributed by atoms with E-state index in [4.69, 9.17) is 18.9 Å². The van der Waals surface area contributed by atoms with Crippen LogP contribution in [0.4, 0.5) is 0 Å². The number of ether oxygens (including phenoxy) is 4. The SMILES string of the molecule is COC(=O)[C@H](Cc1ccc(-c2ccc(Oc3ccccc3)cc2)cc1)NC(=O)c1cc(Br)ccc1OCc1cccc(OCc2ccccc2)c1. The predicted molar refractivity (Wildman–Crippen MR) is 201 cm³/mol. The molecule has 1 atom stereocenters. The van der Waals surface area contributed by atoms with E-state index in [-0.39, 0.29) is 18.6 Å². The van der Waals surface area contributed by atoms with Crippen molar-refractivity contribution >= 4 is 27.8 Å². The van der Waals surface area contributed by atoms with E-state index >= 15 is 0 Å². The number of para-hydroxylation sites is 1. The lowest BCUT2D eigenvalue weighted by atomic mass is 10.00. The Morgan fingerprint density at radius 3 is 1.92 bits per heavy atom. The molecule has 0 heterocycles. The van der Waals surface area contributed by atoms with Gasteiger partial charge in [-0.15, -0.1) is 0 Å². The first kappa shape index (κ1) is 35.0. The normalized spacial score (nSPS) is 11.3. The number of halogens is 1. The zero-order valence-corrected chi connectivity index (χ0v) is 29.5. The number of amides is 1. The number of methoxy groups -OCH3 is 1. The molecule has 0 aliphatic carbocycles. The number of esters is 1. The van der Waals surface area contributed by atoms with Crippen molar-refractivity contribution in [2.75, 3.05) is 7.11 Å². The number of carbonyl (C=O) groups is 2. The molecular formula is C43H36BrNO6. The third-order valence-corrected chi connectivity index (χ3v) is 8.57. The van der Waals surface area contributed by atoms with Gasteiger partial charge in [-0.05, 0) is 82.4 Å². The lowest BCUT2D eigenvalue weighted by Gasteiger charge is -2.18. The summed E-state index contributed by atoms with van der Waals surface area (Å²) < 4.78 is 23.8. The van der Waals surface area contributed by atoms with Crippen molar-refractivity contribution in [1.29, 1.82) is 0 Å². The maximum Gasteiger partial charge on any atom is 0.328 e. The molecule has 0 saturated carbocycles. The van der Waals surface area contributed by atoms with E-state index in [9.17, 15) is 9.59 Å². The molecule has 0 unspecified atom stereocenters. The standard InChI is InChI=1S/C43H36BrNO6/c1-48-43(47)40(26-30-15-17-33(18-16-30)34-19-22-37(23-20-34)51-36-12-6-3-7-13-36)45-42(46)39-27-35(44)21-24-41(39)50-29-32-11-8-14-38(25-32)49-28-31-9-4-2-5-10-31/h2-25,27,40H,26,28-29H2,1H3,(H,45,46)/t40-/m0/s1. The lowest BCUT2D eigenvalue weighted by Crippen LogP contribution is -2.43. The molecule has 6 aromatic rings. The average Bonchev–Trinajstić information content (AvgIpc) is 3.17. The number of hydrogen-bond acceptors (Lipinski definition) is 6. The molecule has 6 aromatic carbocycles. The minimum atomic E-state index is -0.923. The Morgan fingerprint density at radius 2 is 1.22 bits per heavy atom. The van der Waals surface area contributed by atoms with Crippen molar-refractivity contribution in [3.8, 4) is 34.1 Å². The second-order valence-electron chi connectivity index (χ2n) is 11.7. The number of carbonyl (C=O) groups excluding carboxylic acids is 2. The quantitative estimate of drug-likeness (QED) is 0.112. The molecule has 51 heavy (non-hydrogen) atoms. The molecule has 0 spiro atoms. The monoisotopic (exact) mass is 741 g/mol. The van der Waals surface area contributed by atoms with Gasteiger partial charge in [0.25, 0.3) is 5.91 Å². The highest BCUT2D eigenvalue weighted by Gasteiger charge is 2.25. The van der Waals surface area contributed by atoms with Gasteiger partial charge >= 0.3 is 5.97 Å². The molecule has 0 fully saturated rings. The van der Waals surface area contributed by atoms with E-state index < -0.39 is 17.9 Å². The lowest BCUT2D eigenvalue weighted by molar-refractivity contribution is -0.142. The molecule has 0 saturated heterocycles. The number of hydrogen-bond donors (Lipinski definition) is 1. The predicted octanol–water partition coefficient (Wildman–Crippen LogP) is 9.58. The molecule has 1 amide bonds. The fraction of sp³-hybridized carbons (Fsp3) is 0.116. The van der Waals surface area contributed by atoms with Crippen LogP contribution in [-0.4, -0.2) is 25.0 Å². The first-order chi connectivity index (χ1) is 24.9. The summed E-state index contributed by atoms with van der Waals surface area (Å²) in [5.41, 5.74) is 5.12. The third-order valence-electron chi connectivity index (χ3n) is 8.08. The minimum Gasteiger partial charge on any atom is -0.489 e. The van der Waals surface area contributed by atoms with Crippen molar-refractivity contribution in [2.45, 2.75) is 25.7 Å². The molecule has 0 aliphatic heterocycles. The maximum atomic E-state index is 13.7. The fourth-order valence-corrected chi connectivity index (χ4v) is 5.77. The van der Waals surface area contributed by atoms with Crippen molar-refractivity contribution in [3.63, 3.8) is 0 Å². The first-order valence-electron chi connectivity index (χ1n) is 16.4. The smallest absolute Gasteiger partial charge is 0.328 e. The van der Waals surface area contributed by atoms with E-state index in [2.05, 4.69) is 21.2 Å². The van der Waals surface area contributed by atoms with Gasteiger partial charge in [0.1, 0.15) is 42.3 Å². The van der Waals surface area contributed by atoms with Gasteiger partial charge in [0.2, 0.25) is 0 Å². The van der Waals surface area contributed by atoms with Gasteiger partial charge in [-0.2, -0.15) is 0 Å². The Balaban J connectivity index is 1.09. The minimum absolute atomic E-state index is 0.208. The van der Waals surface area contributed by atoms with Crippen molar-refractivity contribution in [3.05, 3.63) is 178 Å². The molecular weight excluding hydrogens is 706 g/mol. The van der Waals surface area contributed by atoms with Crippen LogP contribution in [0.25, 0.3) is 11.1 Å². The van der Waals surface area contributed by atoms with Gasteiger partial charge < -0.3 is 24.3 Å². The zero-order valence-electron chi connectivity index (χ0n) is 28.0. The molecule has 8 heteroatoms. The Kier molecular flexibility index (Phi) is 11.8. The van der Waals surface area contributed by atoms with Gasteiger partial charge in [-0.1, -0.05) is 113 Å². The Hall–Kier alpha value is -5.86. The molecule has 1 N–H and O–H groups in total. The van der Waals surface area contributed by atoms with Gasteiger partial charge in [0, 0.05) is 10.9 Å². The zero-order chi connectivity index (χ0) is 35.4. The molecule has 0 bridgehead atoms. The largest absolute Gasteiger partial charge is 0.489 e. The molecule has 256 valence electrons. The van der Waals surface area contributed by atoms with E-state index in [1.165, 1.54) is 7.11 Å². The van der Waals surface area contributed by atoms with Crippen molar-refractivity contribution in [1.82, 2.24) is 5.32 Å². The average molecular weight is 743 g/mol. The summed E-state index contributed by atoms with van der Waals surface area (Å²) in [6.45, 7) is 0.660. The summed E-state index contributed by atoms with van der Waals surface area (Å²) in [6, 6.07) is 47.2. The fourth-order valence-electron chi connectivity index (χ4n) is 5.41. The van der Waals surface area contributed by atoms with Crippen molar-refractivity contribution < 1.29 is 28.5 Å². The van der Waals surface area contributed by atoms with Crippen LogP contribution in [-0.2, 0) is 29.2 Å². The summed E-state index contributed by atoms with van der Waals surface area (Å²) in [7, 11) is 1.31. The third kappa shape index (κ3) is 9.86. The topological polar surface area (TPSA) is 83.1 Å². The second-order valence-corrected chi connectivity index (χ2v) is 12.7. The van der Waals surface area contributed by atoms with Crippen LogP contribution in [0.1, 0.15) is 27.0 Å². The van der Waals surface area contributed by atoms with Crippen LogP contribution < -0.4 is 19.5 Å². The highest BCUT2D eigenvalue weighted by molar-refractivity contribution is 9.10. The van der Waals surface area contributed by atoms with Crippen LogP contribution in [0.15, 0.2) is 156 Å². The van der Waals surface area contributed by atoms with Gasteiger partial charge in [0.05, 0.1) is 12.7 Å².